The van der Waals surface area contributed by atoms with Gasteiger partial charge in [0.15, 0.2) is 10.3 Å². The zero-order valence-electron chi connectivity index (χ0n) is 79.9. The van der Waals surface area contributed by atoms with Crippen LogP contribution in [0, 0.1) is 104 Å². The van der Waals surface area contributed by atoms with Crippen LogP contribution in [0.3, 0.4) is 0 Å². The van der Waals surface area contributed by atoms with Gasteiger partial charge in [-0.3, -0.25) is 0 Å². The molecule has 0 saturated heterocycles. The molecule has 30 heteroatoms. The molecule has 0 fully saturated rings. The number of nitrogens with zero attached hydrogens (tertiary/aromatic N) is 8. The second kappa shape index (κ2) is 47.5. The largest absolute Gasteiger partial charge is 0.748 e. The van der Waals surface area contributed by atoms with Crippen molar-refractivity contribution in [2.75, 3.05) is 93.7 Å². The lowest BCUT2D eigenvalue weighted by Gasteiger charge is -2.27. The summed E-state index contributed by atoms with van der Waals surface area (Å²) in [6.07, 6.45) is 2.42. The Morgan fingerprint density at radius 1 is 0.265 bits per heavy atom. The molecule has 2 aromatic heterocycles. The molecule has 14 rings (SSSR count). The lowest BCUT2D eigenvalue weighted by Crippen LogP contribution is -2.18. The number of anilines is 12. The summed E-state index contributed by atoms with van der Waals surface area (Å²) in [6.45, 7) is 38.5. The van der Waals surface area contributed by atoms with Crippen molar-refractivity contribution >= 4 is 130 Å². The van der Waals surface area contributed by atoms with E-state index in [1.54, 1.807) is 0 Å². The smallest absolute Gasteiger partial charge is 0.198 e. The van der Waals surface area contributed by atoms with Gasteiger partial charge in [0.05, 0.1) is 97.3 Å². The molecular formula is C106H114F4N8O12S6-2. The second-order valence-corrected chi connectivity index (χ2v) is 39.9. The maximum absolute atomic E-state index is 16.0. The first kappa shape index (κ1) is 107. The first-order valence-electron chi connectivity index (χ1n) is 43.8. The summed E-state index contributed by atoms with van der Waals surface area (Å²) in [7, 11) is -15.7. The molecule has 0 atom stereocenters. The van der Waals surface area contributed by atoms with E-state index in [-0.39, 0.29) is 22.5 Å². The Kier molecular flexibility index (Phi) is 37.6. The predicted octanol–water partition coefficient (Wildman–Crippen LogP) is 24.9. The number of hydrogen-bond donors (Lipinski definition) is 0. The molecule has 0 radical (unpaired) electrons. The number of aryl methyl sites for hydroxylation is 10. The van der Waals surface area contributed by atoms with Crippen LogP contribution in [0.4, 0.5) is 84.7 Å². The van der Waals surface area contributed by atoms with Gasteiger partial charge in [0, 0.05) is 98.4 Å². The van der Waals surface area contributed by atoms with Gasteiger partial charge in [-0.2, -0.15) is 9.97 Å². The van der Waals surface area contributed by atoms with Crippen molar-refractivity contribution in [3.05, 3.63) is 378 Å². The SMILES string of the molecule is CCN(c1nc(-c2c(F)cccc2F)c([C+](c2ccc(N(CC)c3c(C)cccc3C)cc2)c2ccc(N(CC)c3c(C)cccc3C)cc2)s1)c1ccccc1C.CCN(c1nc(-c2c(F)cccc2F)c([C+](c2ccc(N(CC)c3c(C)cccc3C)cc2)c2ccc(N(CC)c3c(C)cccc3C)cc2)s1)c1ccccc1C.CS(=O)(=O)[O-].CS(=O)(=O)[O-].CS(=O)(=O)[O-].CS(=O)(=O)[O-]. The van der Waals surface area contributed by atoms with Crippen molar-refractivity contribution in [3.63, 3.8) is 0 Å². The van der Waals surface area contributed by atoms with E-state index in [4.69, 9.17) is 61.9 Å². The van der Waals surface area contributed by atoms with Gasteiger partial charge in [-0.05, 0) is 300 Å². The molecule has 0 saturated carbocycles. The van der Waals surface area contributed by atoms with Crippen molar-refractivity contribution in [2.24, 2.45) is 0 Å². The Balaban J connectivity index is 0.000000254. The van der Waals surface area contributed by atoms with Gasteiger partial charge in [-0.25, -0.2) is 51.2 Å². The van der Waals surface area contributed by atoms with E-state index in [9.17, 15) is 0 Å². The molecule has 2 heterocycles. The quantitative estimate of drug-likeness (QED) is 0.0277. The Labute approximate surface area is 808 Å². The molecule has 12 aromatic carbocycles. The number of para-hydroxylation sites is 6. The Hall–Kier alpha value is -12.2. The van der Waals surface area contributed by atoms with Gasteiger partial charge < -0.3 is 47.6 Å². The highest BCUT2D eigenvalue weighted by atomic mass is 32.2. The monoisotopic (exact) mass is 1960 g/mol. The Bertz CT molecular complexity index is 6100. The summed E-state index contributed by atoms with van der Waals surface area (Å²) in [5, 5.41) is 1.32. The van der Waals surface area contributed by atoms with Gasteiger partial charge in [0.1, 0.15) is 55.5 Å². The fourth-order valence-corrected chi connectivity index (χ4v) is 18.9. The average molecular weight is 1960 g/mol. The molecule has 14 aromatic rings. The van der Waals surface area contributed by atoms with Gasteiger partial charge in [0.2, 0.25) is 0 Å². The van der Waals surface area contributed by atoms with Crippen LogP contribution in [-0.4, -0.2) is 126 Å². The van der Waals surface area contributed by atoms with Crippen LogP contribution in [0.5, 0.6) is 0 Å². The summed E-state index contributed by atoms with van der Waals surface area (Å²) in [6, 6.07) is 84.1. The third-order valence-electron chi connectivity index (χ3n) is 22.0. The van der Waals surface area contributed by atoms with Crippen molar-refractivity contribution in [1.29, 1.82) is 0 Å². The Morgan fingerprint density at radius 2 is 0.441 bits per heavy atom. The summed E-state index contributed by atoms with van der Waals surface area (Å²) >= 11 is 2.92. The third-order valence-corrected chi connectivity index (χ3v) is 24.2. The second-order valence-electron chi connectivity index (χ2n) is 32.3. The van der Waals surface area contributed by atoms with E-state index in [0.717, 1.165) is 106 Å². The summed E-state index contributed by atoms with van der Waals surface area (Å²) < 4.78 is 173. The molecule has 136 heavy (non-hydrogen) atoms. The van der Waals surface area contributed by atoms with Crippen LogP contribution in [0.1, 0.15) is 129 Å². The summed E-state index contributed by atoms with van der Waals surface area (Å²) in [4.78, 5) is 25.2. The van der Waals surface area contributed by atoms with Crippen molar-refractivity contribution in [1.82, 2.24) is 9.97 Å². The highest BCUT2D eigenvalue weighted by molar-refractivity contribution is 7.85. The number of rotatable bonds is 26. The molecule has 20 nitrogen and oxygen atoms in total. The molecule has 0 aliphatic carbocycles. The zero-order chi connectivity index (χ0) is 100. The summed E-state index contributed by atoms with van der Waals surface area (Å²) in [5.74, 6) is -0.901. The van der Waals surface area contributed by atoms with Gasteiger partial charge in [-0.15, -0.1) is 0 Å². The van der Waals surface area contributed by atoms with Crippen molar-refractivity contribution in [3.8, 4) is 22.5 Å². The molecule has 0 amide bonds. The first-order valence-corrected chi connectivity index (χ1v) is 52.7. The molecule has 716 valence electrons. The number of halogens is 4. The van der Waals surface area contributed by atoms with E-state index in [1.165, 1.54) is 126 Å². The van der Waals surface area contributed by atoms with Crippen LogP contribution >= 0.6 is 22.7 Å². The summed E-state index contributed by atoms with van der Waals surface area (Å²) in [5.41, 5.74) is 26.9. The number of thiazole rings is 2. The number of hydrogen-bond acceptors (Lipinski definition) is 22. The zero-order valence-corrected chi connectivity index (χ0v) is 84.8. The lowest BCUT2D eigenvalue weighted by molar-refractivity contribution is 0.468. The number of benzene rings is 12. The normalized spacial score (nSPS) is 11.2. The molecule has 0 aliphatic rings. The topological polar surface area (TPSA) is 274 Å². The minimum absolute atomic E-state index is 0.133. The fraction of sp³-hybridized carbons (Fsp3) is 0.245. The highest BCUT2D eigenvalue weighted by Gasteiger charge is 2.38. The lowest BCUT2D eigenvalue weighted by atomic mass is 9.87. The standard InChI is InChI=1S/2C51H51F2N4S.4CH4O3S/c2*1-9-55(48-34(5)18-14-19-35(48)6)40-29-25-38(26-30-40)45(39-27-31-41(32-28-39)56(10-2)49-36(7)20-15-21-37(49)8)50-47(46-42(52)22-16-23-43(46)53)54-51(58-50)57(11-3)44-24-13-12-17-33(44)4;4*1-5(2,3)4/h2*12-32H,9-11H2,1-8H3;4*1H3,(H,2,3,4)/q2*+1;;;;/p-4. The van der Waals surface area contributed by atoms with E-state index in [1.807, 2.05) is 24.3 Å². The van der Waals surface area contributed by atoms with Gasteiger partial charge >= 0.3 is 0 Å². The molecule has 0 N–H and O–H groups in total. The third kappa shape index (κ3) is 28.5. The average Bonchev–Trinajstić information content (AvgIpc) is 1.57. The fourth-order valence-electron chi connectivity index (χ4n) is 16.4. The minimum atomic E-state index is -3.92. The van der Waals surface area contributed by atoms with E-state index in [0.29, 0.717) is 58.1 Å². The van der Waals surface area contributed by atoms with Crippen LogP contribution in [0.2, 0.25) is 0 Å². The maximum Gasteiger partial charge on any atom is 0.198 e. The van der Waals surface area contributed by atoms with Crippen LogP contribution in [-0.2, 0) is 40.5 Å². The van der Waals surface area contributed by atoms with Crippen molar-refractivity contribution in [2.45, 2.75) is 111 Å². The van der Waals surface area contributed by atoms with Gasteiger partial charge in [-0.1, -0.05) is 144 Å². The minimum Gasteiger partial charge on any atom is -0.748 e. The number of aromatic nitrogens is 2. The van der Waals surface area contributed by atoms with Crippen LogP contribution in [0.15, 0.2) is 255 Å². The molecule has 0 spiro atoms. The van der Waals surface area contributed by atoms with Crippen LogP contribution in [0.25, 0.3) is 22.5 Å². The molecule has 0 bridgehead atoms. The Morgan fingerprint density at radius 3 is 0.625 bits per heavy atom. The van der Waals surface area contributed by atoms with E-state index < -0.39 is 63.7 Å². The highest BCUT2D eigenvalue weighted by Crippen LogP contribution is 2.50. The maximum atomic E-state index is 16.0. The molecule has 0 aliphatic heterocycles. The molecule has 0 unspecified atom stereocenters. The molecular weight excluding hydrogens is 1850 g/mol. The van der Waals surface area contributed by atoms with Crippen molar-refractivity contribution < 1.29 is 69.4 Å². The first-order chi connectivity index (χ1) is 64.1. The van der Waals surface area contributed by atoms with Gasteiger partial charge in [0.25, 0.3) is 0 Å². The predicted molar refractivity (Wildman–Crippen MR) is 546 cm³/mol. The van der Waals surface area contributed by atoms with E-state index in [2.05, 4.69) is 334 Å². The van der Waals surface area contributed by atoms with Crippen LogP contribution < -0.4 is 29.4 Å². The van der Waals surface area contributed by atoms with E-state index >= 15 is 17.6 Å².